The summed E-state index contributed by atoms with van der Waals surface area (Å²) in [5, 5.41) is 0. The Morgan fingerprint density at radius 1 is 0.319 bits per heavy atom. The monoisotopic (exact) mass is 953 g/mol. The minimum atomic E-state index is -0.844. The first kappa shape index (κ1) is 64.5. The minimum absolute atomic E-state index is 0.0877. The van der Waals surface area contributed by atoms with E-state index in [4.69, 9.17) is 14.2 Å². The van der Waals surface area contributed by atoms with E-state index in [0.717, 1.165) is 122 Å². The van der Waals surface area contributed by atoms with Crippen molar-refractivity contribution in [3.63, 3.8) is 0 Å². The lowest BCUT2D eigenvalue weighted by atomic mass is 10.1. The third kappa shape index (κ3) is 54.4. The highest BCUT2D eigenvalue weighted by Gasteiger charge is 2.19. The number of rotatable bonds is 48. The molecule has 0 aliphatic heterocycles. The first-order valence-electron chi connectivity index (χ1n) is 27.7. The van der Waals surface area contributed by atoms with Gasteiger partial charge in [-0.05, 0) is 109 Å². The Morgan fingerprint density at radius 2 is 0.609 bits per heavy atom. The van der Waals surface area contributed by atoms with Crippen molar-refractivity contribution in [1.29, 1.82) is 0 Å². The molecule has 388 valence electrons. The summed E-state index contributed by atoms with van der Waals surface area (Å²) in [5.41, 5.74) is 0. The van der Waals surface area contributed by atoms with E-state index in [1.54, 1.807) is 6.08 Å². The van der Waals surface area contributed by atoms with Crippen LogP contribution < -0.4 is 0 Å². The van der Waals surface area contributed by atoms with Crippen LogP contribution in [0.3, 0.4) is 0 Å². The molecule has 0 N–H and O–H groups in total. The van der Waals surface area contributed by atoms with E-state index in [-0.39, 0.29) is 31.6 Å². The van der Waals surface area contributed by atoms with Crippen LogP contribution in [0, 0.1) is 0 Å². The summed E-state index contributed by atoms with van der Waals surface area (Å²) in [5.74, 6) is -1.08. The molecule has 0 aromatic carbocycles. The predicted octanol–water partition coefficient (Wildman–Crippen LogP) is 18.6. The van der Waals surface area contributed by atoms with Gasteiger partial charge in [-0.3, -0.25) is 14.4 Å². The zero-order valence-corrected chi connectivity index (χ0v) is 44.3. The van der Waals surface area contributed by atoms with Gasteiger partial charge in [-0.15, -0.1) is 0 Å². The van der Waals surface area contributed by atoms with E-state index in [1.807, 2.05) is 6.08 Å². The Morgan fingerprint density at radius 3 is 0.957 bits per heavy atom. The second-order valence-corrected chi connectivity index (χ2v) is 17.7. The maximum atomic E-state index is 12.8. The van der Waals surface area contributed by atoms with E-state index in [2.05, 4.69) is 142 Å². The van der Waals surface area contributed by atoms with Crippen LogP contribution in [0.2, 0.25) is 0 Å². The van der Waals surface area contributed by atoms with Crippen molar-refractivity contribution in [2.75, 3.05) is 13.2 Å². The Bertz CT molecular complexity index is 1510. The molecule has 0 fully saturated rings. The molecule has 6 heteroatoms. The molecule has 0 saturated heterocycles. The normalized spacial score (nSPS) is 13.1. The lowest BCUT2D eigenvalue weighted by Gasteiger charge is -2.18. The fraction of sp³-hybridized carbons (Fsp3) is 0.603. The zero-order valence-electron chi connectivity index (χ0n) is 44.3. The fourth-order valence-corrected chi connectivity index (χ4v) is 7.08. The number of carbonyl (C=O) groups is 3. The van der Waals surface area contributed by atoms with Gasteiger partial charge in [0.2, 0.25) is 0 Å². The molecular formula is C63H100O6. The van der Waals surface area contributed by atoms with E-state index in [9.17, 15) is 14.4 Å². The Balaban J connectivity index is 4.46. The summed E-state index contributed by atoms with van der Waals surface area (Å²) in [4.78, 5) is 38.0. The smallest absolute Gasteiger partial charge is 0.310 e. The highest BCUT2D eigenvalue weighted by Crippen LogP contribution is 2.14. The molecule has 69 heavy (non-hydrogen) atoms. The Labute approximate surface area is 424 Å². The van der Waals surface area contributed by atoms with E-state index in [1.165, 1.54) is 57.8 Å². The van der Waals surface area contributed by atoms with Gasteiger partial charge in [-0.25, -0.2) is 0 Å². The fourth-order valence-electron chi connectivity index (χ4n) is 7.08. The number of unbranched alkanes of at least 4 members (excludes halogenated alkanes) is 16. The van der Waals surface area contributed by atoms with Crippen molar-refractivity contribution >= 4 is 17.9 Å². The molecule has 0 heterocycles. The van der Waals surface area contributed by atoms with Crippen LogP contribution in [-0.2, 0) is 28.6 Å². The Kier molecular flexibility index (Phi) is 52.5. The maximum Gasteiger partial charge on any atom is 0.310 e. The summed E-state index contributed by atoms with van der Waals surface area (Å²) in [6, 6.07) is 0. The highest BCUT2D eigenvalue weighted by molar-refractivity contribution is 5.72. The molecule has 0 radical (unpaired) electrons. The van der Waals surface area contributed by atoms with Crippen molar-refractivity contribution in [3.05, 3.63) is 134 Å². The largest absolute Gasteiger partial charge is 0.462 e. The van der Waals surface area contributed by atoms with E-state index in [0.29, 0.717) is 19.3 Å². The average molecular weight is 953 g/mol. The second-order valence-electron chi connectivity index (χ2n) is 17.7. The first-order chi connectivity index (χ1) is 34.0. The van der Waals surface area contributed by atoms with Crippen molar-refractivity contribution in [2.24, 2.45) is 0 Å². The lowest BCUT2D eigenvalue weighted by Crippen LogP contribution is -2.30. The molecule has 6 nitrogen and oxygen atoms in total. The molecule has 0 aliphatic carbocycles. The third-order valence-corrected chi connectivity index (χ3v) is 11.1. The topological polar surface area (TPSA) is 78.9 Å². The predicted molar refractivity (Wildman–Crippen MR) is 297 cm³/mol. The molecule has 0 amide bonds. The van der Waals surface area contributed by atoms with Gasteiger partial charge in [0.1, 0.15) is 13.2 Å². The number of allylic oxidation sites excluding steroid dienone is 21. The van der Waals surface area contributed by atoms with E-state index >= 15 is 0 Å². The van der Waals surface area contributed by atoms with Gasteiger partial charge < -0.3 is 14.2 Å². The van der Waals surface area contributed by atoms with Crippen LogP contribution in [0.1, 0.15) is 226 Å². The standard InChI is InChI=1S/C63H100O6/c1-4-7-10-13-16-19-22-25-27-28-29-30-31-32-33-34-36-38-41-44-47-50-53-56-62(65)68-59-60(58-67-61(64)55-52-49-46-43-40-37-24-21-18-15-12-9-6-3)69-63(66)57-54-51-48-45-42-39-35-26-23-20-17-14-11-8-5-2/h7-8,10-12,15-17,19-21,24-27,29-30,35,42,45,51,54,60H,4-6,9,13-14,18,22-23,28,31-34,36-41,43-44,46-50,52-53,55-59H2,1-3H3/b10-7-,11-8-,15-12-,19-16-,20-17-,24-21-,27-25-,30-29-,35-26-,45-42-,54-51-. The summed E-state index contributed by atoms with van der Waals surface area (Å²) < 4.78 is 16.7. The zero-order chi connectivity index (χ0) is 50.0. The van der Waals surface area contributed by atoms with Gasteiger partial charge >= 0.3 is 17.9 Å². The van der Waals surface area contributed by atoms with Crippen molar-refractivity contribution in [3.8, 4) is 0 Å². The third-order valence-electron chi connectivity index (χ3n) is 11.1. The molecule has 0 aliphatic rings. The Hall–Kier alpha value is -4.45. The van der Waals surface area contributed by atoms with Gasteiger partial charge in [-0.2, -0.15) is 0 Å². The molecule has 1 unspecified atom stereocenters. The number of hydrogen-bond donors (Lipinski definition) is 0. The van der Waals surface area contributed by atoms with Crippen LogP contribution in [0.5, 0.6) is 0 Å². The maximum absolute atomic E-state index is 12.8. The van der Waals surface area contributed by atoms with Gasteiger partial charge in [-0.1, -0.05) is 231 Å². The van der Waals surface area contributed by atoms with Crippen LogP contribution in [0.4, 0.5) is 0 Å². The minimum Gasteiger partial charge on any atom is -0.462 e. The van der Waals surface area contributed by atoms with Gasteiger partial charge in [0.05, 0.1) is 6.42 Å². The number of carbonyl (C=O) groups excluding carboxylic acids is 3. The van der Waals surface area contributed by atoms with Gasteiger partial charge in [0.15, 0.2) is 6.10 Å². The van der Waals surface area contributed by atoms with Crippen molar-refractivity contribution in [2.45, 2.75) is 232 Å². The molecule has 0 aromatic rings. The van der Waals surface area contributed by atoms with Crippen LogP contribution >= 0.6 is 0 Å². The van der Waals surface area contributed by atoms with Gasteiger partial charge in [0.25, 0.3) is 0 Å². The number of ether oxygens (including phenoxy) is 3. The summed E-state index contributed by atoms with van der Waals surface area (Å²) in [6.07, 6.45) is 79.0. The summed E-state index contributed by atoms with van der Waals surface area (Å²) >= 11 is 0. The molecule has 0 bridgehead atoms. The molecule has 0 spiro atoms. The number of hydrogen-bond acceptors (Lipinski definition) is 6. The highest BCUT2D eigenvalue weighted by atomic mass is 16.6. The first-order valence-corrected chi connectivity index (χ1v) is 27.7. The quantitative estimate of drug-likeness (QED) is 0.0262. The molecular weight excluding hydrogens is 853 g/mol. The SMILES string of the molecule is CC/C=C\C/C=C\C/C=C\C/C=C\C/C=C\CC(=O)OC(COC(=O)CCCCCCC/C=C\C/C=C\CCC)COC(=O)CCCCCCCCCCCC/C=C\C/C=C\C/C=C\C/C=C\CC. The summed E-state index contributed by atoms with van der Waals surface area (Å²) in [6.45, 7) is 6.23. The number of esters is 3. The van der Waals surface area contributed by atoms with Crippen molar-refractivity contribution in [1.82, 2.24) is 0 Å². The van der Waals surface area contributed by atoms with Crippen LogP contribution in [0.25, 0.3) is 0 Å². The summed E-state index contributed by atoms with van der Waals surface area (Å²) in [7, 11) is 0. The molecule has 0 rings (SSSR count). The van der Waals surface area contributed by atoms with Crippen LogP contribution in [-0.4, -0.2) is 37.2 Å². The molecule has 0 saturated carbocycles. The van der Waals surface area contributed by atoms with Gasteiger partial charge in [0, 0.05) is 12.8 Å². The van der Waals surface area contributed by atoms with Crippen LogP contribution in [0.15, 0.2) is 134 Å². The second kappa shape index (κ2) is 56.1. The molecule has 1 atom stereocenters. The lowest BCUT2D eigenvalue weighted by molar-refractivity contribution is -0.166. The molecule has 0 aromatic heterocycles. The van der Waals surface area contributed by atoms with Crippen molar-refractivity contribution < 1.29 is 28.6 Å². The van der Waals surface area contributed by atoms with E-state index < -0.39 is 12.1 Å². The average Bonchev–Trinajstić information content (AvgIpc) is 3.35.